The van der Waals surface area contributed by atoms with Crippen molar-refractivity contribution in [1.29, 1.82) is 0 Å². The minimum absolute atomic E-state index is 0.519. The number of rotatable bonds is 11. The first-order valence-corrected chi connectivity index (χ1v) is 29.0. The molecule has 1 unspecified atom stereocenters. The highest BCUT2D eigenvalue weighted by atomic mass is 16.3. The summed E-state index contributed by atoms with van der Waals surface area (Å²) in [5.41, 5.74) is 22.1. The molecule has 0 spiro atoms. The van der Waals surface area contributed by atoms with Crippen LogP contribution < -0.4 is 9.80 Å². The van der Waals surface area contributed by atoms with Gasteiger partial charge in [0.1, 0.15) is 11.2 Å². The highest BCUT2D eigenvalue weighted by molar-refractivity contribution is 6.29. The SMILES string of the molecule is CC1C=CC(c2ccc3c(c2)c2c4oc5c(ccc6c5c5ccccc5n6-c5ccc(N(c6ccccc6)c6ccc(-c7ccccc7)cc6)cc5)c4ccc2n3-c2ccc(N(c3ccccc3)c3ccc(-c4ccccc4)cc3)cc2)=CC1. The Morgan fingerprint density at radius 1 is 0.333 bits per heavy atom. The van der Waals surface area contributed by atoms with Gasteiger partial charge < -0.3 is 23.4 Å². The van der Waals surface area contributed by atoms with Crippen LogP contribution >= 0.6 is 0 Å². The van der Waals surface area contributed by atoms with E-state index in [1.54, 1.807) is 0 Å². The minimum atomic E-state index is 0.519. The summed E-state index contributed by atoms with van der Waals surface area (Å²) in [6.45, 7) is 2.28. The molecule has 3 aromatic heterocycles. The van der Waals surface area contributed by atoms with Gasteiger partial charge in [0.25, 0.3) is 0 Å². The Morgan fingerprint density at radius 3 is 1.19 bits per heavy atom. The van der Waals surface area contributed by atoms with Crippen LogP contribution in [-0.2, 0) is 0 Å². The molecule has 16 rings (SSSR count). The highest BCUT2D eigenvalue weighted by Gasteiger charge is 2.24. The Morgan fingerprint density at radius 2 is 0.714 bits per heavy atom. The lowest BCUT2D eigenvalue weighted by Crippen LogP contribution is -2.10. The van der Waals surface area contributed by atoms with Crippen LogP contribution in [0.3, 0.4) is 0 Å². The summed E-state index contributed by atoms with van der Waals surface area (Å²) in [4.78, 5) is 4.66. The van der Waals surface area contributed by atoms with Crippen LogP contribution in [0.15, 0.2) is 308 Å². The maximum atomic E-state index is 7.49. The van der Waals surface area contributed by atoms with Crippen molar-refractivity contribution in [2.75, 3.05) is 9.80 Å². The van der Waals surface area contributed by atoms with Crippen molar-refractivity contribution in [3.63, 3.8) is 0 Å². The minimum Gasteiger partial charge on any atom is -0.455 e. The van der Waals surface area contributed by atoms with Gasteiger partial charge in [0.15, 0.2) is 0 Å². The van der Waals surface area contributed by atoms with Gasteiger partial charge in [-0.05, 0) is 185 Å². The maximum absolute atomic E-state index is 7.49. The van der Waals surface area contributed by atoms with E-state index < -0.39 is 0 Å². The van der Waals surface area contributed by atoms with Gasteiger partial charge in [-0.1, -0.05) is 171 Å². The summed E-state index contributed by atoms with van der Waals surface area (Å²) in [5, 5.41) is 6.71. The molecule has 3 heterocycles. The zero-order valence-electron chi connectivity index (χ0n) is 46.3. The van der Waals surface area contributed by atoms with Crippen LogP contribution in [0.5, 0.6) is 0 Å². The highest BCUT2D eigenvalue weighted by Crippen LogP contribution is 2.47. The summed E-state index contributed by atoms with van der Waals surface area (Å²) < 4.78 is 12.3. The Bertz CT molecular complexity index is 5000. The van der Waals surface area contributed by atoms with Crippen LogP contribution in [0.2, 0.25) is 0 Å². The van der Waals surface area contributed by atoms with E-state index >= 15 is 0 Å². The molecule has 1 aliphatic rings. The molecule has 0 N–H and O–H groups in total. The van der Waals surface area contributed by atoms with Gasteiger partial charge in [-0.2, -0.15) is 0 Å². The summed E-state index contributed by atoms with van der Waals surface area (Å²) in [5.74, 6) is 0.519. The molecule has 0 radical (unpaired) electrons. The Hall–Kier alpha value is -10.9. The second-order valence-electron chi connectivity index (χ2n) is 22.1. The Kier molecular flexibility index (Phi) is 11.8. The first-order chi connectivity index (χ1) is 41.6. The van der Waals surface area contributed by atoms with Crippen LogP contribution in [0, 0.1) is 5.92 Å². The second kappa shape index (κ2) is 20.3. The molecule has 0 saturated carbocycles. The van der Waals surface area contributed by atoms with Crippen molar-refractivity contribution in [3.8, 4) is 33.6 Å². The van der Waals surface area contributed by atoms with Gasteiger partial charge in [-0.15, -0.1) is 0 Å². The van der Waals surface area contributed by atoms with Gasteiger partial charge in [-0.3, -0.25) is 0 Å². The fourth-order valence-corrected chi connectivity index (χ4v) is 12.9. The topological polar surface area (TPSA) is 29.5 Å². The summed E-state index contributed by atoms with van der Waals surface area (Å²) in [6, 6.07) is 103. The summed E-state index contributed by atoms with van der Waals surface area (Å²) >= 11 is 0. The van der Waals surface area contributed by atoms with Crippen LogP contribution in [0.1, 0.15) is 18.9 Å². The van der Waals surface area contributed by atoms with Crippen molar-refractivity contribution in [3.05, 3.63) is 309 Å². The number of allylic oxidation sites excluding steroid dienone is 4. The molecule has 84 heavy (non-hydrogen) atoms. The monoisotopic (exact) mass is 1080 g/mol. The molecule has 1 aliphatic carbocycles. The number of para-hydroxylation sites is 3. The number of furan rings is 1. The molecule has 398 valence electrons. The number of benzene rings is 12. The Balaban J connectivity index is 0.828. The molecular weight excluding hydrogens is 1020 g/mol. The van der Waals surface area contributed by atoms with Gasteiger partial charge in [-0.25, -0.2) is 0 Å². The van der Waals surface area contributed by atoms with Crippen LogP contribution in [0.25, 0.3) is 105 Å². The lowest BCUT2D eigenvalue weighted by molar-refractivity contribution is 0.677. The van der Waals surface area contributed by atoms with E-state index in [1.807, 2.05) is 0 Å². The number of hydrogen-bond acceptors (Lipinski definition) is 3. The number of hydrogen-bond donors (Lipinski definition) is 0. The van der Waals surface area contributed by atoms with E-state index in [-0.39, 0.29) is 0 Å². The normalized spacial score (nSPS) is 13.4. The molecule has 15 aromatic rings. The number of aromatic nitrogens is 2. The van der Waals surface area contributed by atoms with E-state index in [1.165, 1.54) is 33.4 Å². The quantitative estimate of drug-likeness (QED) is 0.129. The molecule has 0 fully saturated rings. The average molecular weight is 1080 g/mol. The number of fused-ring (bicyclic) bond motifs is 11. The third-order valence-corrected chi connectivity index (χ3v) is 17.0. The fraction of sp³-hybridized carbons (Fsp3) is 0.0380. The second-order valence-corrected chi connectivity index (χ2v) is 22.1. The molecule has 0 bridgehead atoms. The van der Waals surface area contributed by atoms with Gasteiger partial charge in [0, 0.05) is 67.0 Å². The van der Waals surface area contributed by atoms with E-state index in [4.69, 9.17) is 4.42 Å². The molecule has 0 aliphatic heterocycles. The lowest BCUT2D eigenvalue weighted by atomic mass is 9.93. The molecule has 5 heteroatoms. The van der Waals surface area contributed by atoms with Gasteiger partial charge >= 0.3 is 0 Å². The first kappa shape index (κ1) is 49.0. The van der Waals surface area contributed by atoms with Crippen LogP contribution in [-0.4, -0.2) is 9.13 Å². The van der Waals surface area contributed by atoms with Gasteiger partial charge in [0.05, 0.1) is 32.8 Å². The summed E-state index contributed by atoms with van der Waals surface area (Å²) in [7, 11) is 0. The molecule has 12 aromatic carbocycles. The standard InChI is InChI=1S/C79H56N4O/c1-53-26-28-58(29-27-53)59-34-49-73-71(52-59)77-75(83(73)67-45-41-65(42-46-67)81(61-22-12-5-13-23-61)63-37-32-57(33-38-63)55-18-8-3-9-19-55)51-48-69-68-47-50-74-76(78(68)84-79(69)77)70-24-14-15-25-72(70)82(74)66-43-39-64(40-44-66)80(60-20-10-4-11-21-60)62-35-30-56(31-36-62)54-16-6-2-7-17-54/h2-26,28-53H,27H2,1H3. The average Bonchev–Trinajstić information content (AvgIpc) is 2.98. The fourth-order valence-electron chi connectivity index (χ4n) is 12.9. The molecule has 0 saturated heterocycles. The lowest BCUT2D eigenvalue weighted by Gasteiger charge is -2.26. The summed E-state index contributed by atoms with van der Waals surface area (Å²) in [6.07, 6.45) is 8.03. The third-order valence-electron chi connectivity index (χ3n) is 17.0. The zero-order chi connectivity index (χ0) is 55.7. The first-order valence-electron chi connectivity index (χ1n) is 29.0. The smallest absolute Gasteiger partial charge is 0.145 e. The Labute approximate surface area is 487 Å². The zero-order valence-corrected chi connectivity index (χ0v) is 46.3. The largest absolute Gasteiger partial charge is 0.455 e. The van der Waals surface area contributed by atoms with Crippen molar-refractivity contribution in [1.82, 2.24) is 9.13 Å². The van der Waals surface area contributed by atoms with Crippen molar-refractivity contribution < 1.29 is 4.42 Å². The number of nitrogens with zero attached hydrogens (tertiary/aromatic N) is 4. The van der Waals surface area contributed by atoms with E-state index in [0.717, 1.165) is 117 Å². The molecule has 0 amide bonds. The van der Waals surface area contributed by atoms with E-state index in [2.05, 4.69) is 329 Å². The molecule has 1 atom stereocenters. The molecular formula is C79H56N4O. The van der Waals surface area contributed by atoms with Crippen molar-refractivity contribution in [2.24, 2.45) is 5.92 Å². The van der Waals surface area contributed by atoms with Crippen molar-refractivity contribution >= 4 is 105 Å². The number of anilines is 6. The predicted molar refractivity (Wildman–Crippen MR) is 354 cm³/mol. The van der Waals surface area contributed by atoms with E-state index in [9.17, 15) is 0 Å². The maximum Gasteiger partial charge on any atom is 0.145 e. The van der Waals surface area contributed by atoms with Gasteiger partial charge in [0.2, 0.25) is 0 Å². The van der Waals surface area contributed by atoms with Crippen LogP contribution in [0.4, 0.5) is 34.1 Å². The van der Waals surface area contributed by atoms with Crippen molar-refractivity contribution in [2.45, 2.75) is 13.3 Å². The van der Waals surface area contributed by atoms with E-state index in [0.29, 0.717) is 5.92 Å². The molecule has 5 nitrogen and oxygen atoms in total. The third kappa shape index (κ3) is 8.31. The predicted octanol–water partition coefficient (Wildman–Crippen LogP) is 22.0.